The number of hydrogen-bond donors (Lipinski definition) is 3. The number of rotatable bonds is 6. The highest BCUT2D eigenvalue weighted by Gasteiger charge is 2.22. The number of thiophene rings is 1. The molecule has 0 atom stereocenters. The van der Waals surface area contributed by atoms with Crippen molar-refractivity contribution in [2.24, 2.45) is 5.92 Å². The van der Waals surface area contributed by atoms with Crippen LogP contribution in [0.25, 0.3) is 55.3 Å². The molecule has 0 saturated carbocycles. The first kappa shape index (κ1) is 23.9. The van der Waals surface area contributed by atoms with Crippen LogP contribution in [0.1, 0.15) is 25.1 Å². The number of anilines is 1. The van der Waals surface area contributed by atoms with Crippen LogP contribution in [0.4, 0.5) is 10.1 Å². The van der Waals surface area contributed by atoms with Crippen LogP contribution in [0.15, 0.2) is 49.1 Å². The third-order valence-corrected chi connectivity index (χ3v) is 7.09. The van der Waals surface area contributed by atoms with Crippen molar-refractivity contribution in [3.05, 3.63) is 59.7 Å². The minimum atomic E-state index is -0.568. The lowest BCUT2D eigenvalue weighted by molar-refractivity contribution is -0.116. The molecule has 11 heteroatoms. The van der Waals surface area contributed by atoms with Gasteiger partial charge in [0.1, 0.15) is 11.4 Å². The fraction of sp³-hybridized carbons (Fsp3) is 0.185. The summed E-state index contributed by atoms with van der Waals surface area (Å²) in [6.07, 6.45) is 6.64. The molecule has 6 rings (SSSR count). The quantitative estimate of drug-likeness (QED) is 0.240. The lowest BCUT2D eigenvalue weighted by atomic mass is 10.1. The second-order valence-electron chi connectivity index (χ2n) is 9.44. The standard InChI is InChI=1S/C27H23FN8OS/c1-13(2)8-20(37)32-16-9-15(10-29-11-16)23-22(28)21-18(12-31-23)35-36-25(21)27-33-24-17(6-7-30-26(24)34-27)19-5-4-14(3)38-19/h4-7,9-13H,8H2,1-3H3,(H,32,37)(H,35,36)(H,30,33,34). The van der Waals surface area contributed by atoms with Gasteiger partial charge in [0.05, 0.1) is 34.5 Å². The van der Waals surface area contributed by atoms with Crippen LogP contribution in [0.5, 0.6) is 0 Å². The number of amides is 1. The summed E-state index contributed by atoms with van der Waals surface area (Å²) < 4.78 is 16.0. The van der Waals surface area contributed by atoms with E-state index in [2.05, 4.69) is 59.5 Å². The number of H-pyrrole nitrogens is 2. The number of aromatic nitrogens is 7. The van der Waals surface area contributed by atoms with Gasteiger partial charge in [-0.3, -0.25) is 19.9 Å². The van der Waals surface area contributed by atoms with E-state index in [1.807, 2.05) is 19.9 Å². The number of hydrogen-bond acceptors (Lipinski definition) is 7. The van der Waals surface area contributed by atoms with Gasteiger partial charge in [0.15, 0.2) is 17.3 Å². The zero-order chi connectivity index (χ0) is 26.4. The summed E-state index contributed by atoms with van der Waals surface area (Å²) in [5.74, 6) is -0.0914. The Labute approximate surface area is 220 Å². The molecule has 1 amide bonds. The van der Waals surface area contributed by atoms with Crippen LogP contribution in [-0.2, 0) is 4.79 Å². The summed E-state index contributed by atoms with van der Waals surface area (Å²) >= 11 is 1.68. The van der Waals surface area contributed by atoms with Gasteiger partial charge < -0.3 is 10.3 Å². The molecule has 9 nitrogen and oxygen atoms in total. The van der Waals surface area contributed by atoms with Crippen molar-refractivity contribution in [3.63, 3.8) is 0 Å². The molecule has 38 heavy (non-hydrogen) atoms. The molecule has 190 valence electrons. The molecular weight excluding hydrogens is 503 g/mol. The highest BCUT2D eigenvalue weighted by atomic mass is 32.1. The summed E-state index contributed by atoms with van der Waals surface area (Å²) in [4.78, 5) is 35.3. The average molecular weight is 527 g/mol. The predicted molar refractivity (Wildman–Crippen MR) is 146 cm³/mol. The van der Waals surface area contributed by atoms with Crippen LogP contribution >= 0.6 is 11.3 Å². The molecule has 0 radical (unpaired) electrons. The van der Waals surface area contributed by atoms with Crippen LogP contribution in [0.2, 0.25) is 0 Å². The molecule has 6 aromatic heterocycles. The Kier molecular flexibility index (Phi) is 5.91. The first-order valence-electron chi connectivity index (χ1n) is 12.1. The number of aromatic amines is 2. The molecule has 0 saturated heterocycles. The van der Waals surface area contributed by atoms with Crippen LogP contribution in [-0.4, -0.2) is 41.0 Å². The van der Waals surface area contributed by atoms with E-state index in [1.165, 1.54) is 23.5 Å². The predicted octanol–water partition coefficient (Wildman–Crippen LogP) is 6.12. The van der Waals surface area contributed by atoms with Crippen molar-refractivity contribution in [1.82, 2.24) is 35.1 Å². The number of pyridine rings is 3. The average Bonchev–Trinajstić information content (AvgIpc) is 3.61. The normalized spacial score (nSPS) is 11.6. The third-order valence-electron chi connectivity index (χ3n) is 6.06. The summed E-state index contributed by atoms with van der Waals surface area (Å²) in [5.41, 5.74) is 3.99. The number of carbonyl (C=O) groups excluding carboxylic acids is 1. The van der Waals surface area contributed by atoms with Gasteiger partial charge in [0.2, 0.25) is 5.91 Å². The Bertz CT molecular complexity index is 1820. The molecule has 0 aromatic carbocycles. The zero-order valence-corrected chi connectivity index (χ0v) is 21.7. The van der Waals surface area contributed by atoms with E-state index < -0.39 is 5.82 Å². The molecule has 6 aromatic rings. The molecule has 0 aliphatic heterocycles. The first-order chi connectivity index (χ1) is 18.4. The summed E-state index contributed by atoms with van der Waals surface area (Å²) in [6, 6.07) is 7.71. The number of imidazole rings is 1. The summed E-state index contributed by atoms with van der Waals surface area (Å²) in [6.45, 7) is 5.99. The summed E-state index contributed by atoms with van der Waals surface area (Å²) in [5, 5.41) is 10.3. The first-order valence-corrected chi connectivity index (χ1v) is 12.9. The van der Waals surface area contributed by atoms with E-state index in [0.29, 0.717) is 40.4 Å². The van der Waals surface area contributed by atoms with Crippen molar-refractivity contribution < 1.29 is 9.18 Å². The van der Waals surface area contributed by atoms with Crippen LogP contribution in [0.3, 0.4) is 0 Å². The largest absolute Gasteiger partial charge is 0.335 e. The number of halogens is 1. The maximum atomic E-state index is 16.0. The van der Waals surface area contributed by atoms with Gasteiger partial charge in [-0.15, -0.1) is 11.3 Å². The molecule has 0 fully saturated rings. The highest BCUT2D eigenvalue weighted by molar-refractivity contribution is 7.15. The fourth-order valence-electron chi connectivity index (χ4n) is 4.38. The van der Waals surface area contributed by atoms with Gasteiger partial charge >= 0.3 is 0 Å². The second kappa shape index (κ2) is 9.42. The smallest absolute Gasteiger partial charge is 0.224 e. The molecule has 0 spiro atoms. The summed E-state index contributed by atoms with van der Waals surface area (Å²) in [7, 11) is 0. The van der Waals surface area contributed by atoms with Crippen molar-refractivity contribution >= 4 is 45.0 Å². The minimum absolute atomic E-state index is 0.0941. The van der Waals surface area contributed by atoms with E-state index in [9.17, 15) is 4.79 Å². The fourth-order valence-corrected chi connectivity index (χ4v) is 5.28. The van der Waals surface area contributed by atoms with Crippen molar-refractivity contribution in [2.75, 3.05) is 5.32 Å². The highest BCUT2D eigenvalue weighted by Crippen LogP contribution is 2.35. The second-order valence-corrected chi connectivity index (χ2v) is 10.7. The molecule has 0 bridgehead atoms. The van der Waals surface area contributed by atoms with Gasteiger partial charge in [-0.25, -0.2) is 14.4 Å². The molecule has 0 unspecified atom stereocenters. The van der Waals surface area contributed by atoms with Crippen molar-refractivity contribution in [2.45, 2.75) is 27.2 Å². The number of nitrogens with one attached hydrogen (secondary N) is 3. The molecule has 0 aliphatic rings. The number of fused-ring (bicyclic) bond motifs is 2. The maximum absolute atomic E-state index is 16.0. The van der Waals surface area contributed by atoms with E-state index in [1.54, 1.807) is 23.6 Å². The number of nitrogens with zero attached hydrogens (tertiary/aromatic N) is 5. The molecule has 6 heterocycles. The van der Waals surface area contributed by atoms with E-state index in [4.69, 9.17) is 0 Å². The number of carbonyl (C=O) groups is 1. The Morgan fingerprint density at radius 2 is 2.00 bits per heavy atom. The van der Waals surface area contributed by atoms with Gasteiger partial charge in [-0.1, -0.05) is 13.8 Å². The van der Waals surface area contributed by atoms with Crippen molar-refractivity contribution in [3.8, 4) is 33.2 Å². The maximum Gasteiger partial charge on any atom is 0.224 e. The minimum Gasteiger partial charge on any atom is -0.335 e. The monoisotopic (exact) mass is 526 g/mol. The van der Waals surface area contributed by atoms with Gasteiger partial charge in [0, 0.05) is 39.7 Å². The van der Waals surface area contributed by atoms with Crippen LogP contribution in [0, 0.1) is 18.7 Å². The third kappa shape index (κ3) is 4.30. The van der Waals surface area contributed by atoms with Gasteiger partial charge in [0.25, 0.3) is 0 Å². The van der Waals surface area contributed by atoms with E-state index in [-0.39, 0.29) is 22.9 Å². The Hall–Kier alpha value is -4.51. The Morgan fingerprint density at radius 3 is 2.79 bits per heavy atom. The van der Waals surface area contributed by atoms with Crippen molar-refractivity contribution in [1.29, 1.82) is 0 Å². The van der Waals surface area contributed by atoms with Crippen LogP contribution < -0.4 is 5.32 Å². The van der Waals surface area contributed by atoms with E-state index >= 15 is 4.39 Å². The van der Waals surface area contributed by atoms with Gasteiger partial charge in [-0.05, 0) is 37.1 Å². The molecule has 0 aliphatic carbocycles. The Balaban J connectivity index is 1.42. The Morgan fingerprint density at radius 1 is 1.13 bits per heavy atom. The van der Waals surface area contributed by atoms with E-state index in [0.717, 1.165) is 16.0 Å². The zero-order valence-electron chi connectivity index (χ0n) is 20.8. The topological polar surface area (TPSA) is 125 Å². The lowest BCUT2D eigenvalue weighted by Crippen LogP contribution is -2.14. The molecule has 3 N–H and O–H groups in total. The molecular formula is C27H23FN8OS. The number of aryl methyl sites for hydroxylation is 1. The SMILES string of the molecule is Cc1ccc(-c2ccnc3nc(-c4n[nH]c5cnc(-c6cncc(NC(=O)CC(C)C)c6)c(F)c45)[nH]c23)s1. The van der Waals surface area contributed by atoms with Gasteiger partial charge in [-0.2, -0.15) is 5.10 Å². The lowest BCUT2D eigenvalue weighted by Gasteiger charge is -2.09.